The monoisotopic (exact) mass is 234 g/mol. The maximum Gasteiger partial charge on any atom is 0.139 e. The first kappa shape index (κ1) is 11.7. The Labute approximate surface area is 105 Å². The second-order valence-electron chi connectivity index (χ2n) is 8.18. The molecule has 0 aliphatic heterocycles. The van der Waals surface area contributed by atoms with Gasteiger partial charge in [0, 0.05) is 11.8 Å². The van der Waals surface area contributed by atoms with E-state index in [1.807, 2.05) is 0 Å². The van der Waals surface area contributed by atoms with Gasteiger partial charge in [-0.05, 0) is 61.7 Å². The first-order valence-electron chi connectivity index (χ1n) is 7.42. The Hall–Kier alpha value is -0.330. The third-order valence-electron chi connectivity index (χ3n) is 5.65. The van der Waals surface area contributed by atoms with Gasteiger partial charge in [0.25, 0.3) is 0 Å². The molecule has 4 rings (SSSR count). The summed E-state index contributed by atoms with van der Waals surface area (Å²) < 4.78 is 0. The molecule has 0 aromatic carbocycles. The van der Waals surface area contributed by atoms with Gasteiger partial charge in [-0.2, -0.15) is 0 Å². The zero-order valence-electron chi connectivity index (χ0n) is 11.6. The van der Waals surface area contributed by atoms with E-state index in [9.17, 15) is 4.79 Å². The number of rotatable bonds is 3. The lowest BCUT2D eigenvalue weighted by molar-refractivity contribution is -0.131. The summed E-state index contributed by atoms with van der Waals surface area (Å²) in [5.74, 6) is 3.22. The fourth-order valence-electron chi connectivity index (χ4n) is 4.99. The summed E-state index contributed by atoms with van der Waals surface area (Å²) in [4.78, 5) is 12.7. The Kier molecular flexibility index (Phi) is 2.48. The van der Waals surface area contributed by atoms with E-state index in [-0.39, 0.29) is 5.41 Å². The predicted octanol–water partition coefficient (Wildman–Crippen LogP) is 4.21. The molecule has 4 saturated carbocycles. The zero-order valence-corrected chi connectivity index (χ0v) is 11.6. The van der Waals surface area contributed by atoms with Crippen LogP contribution in [0.4, 0.5) is 0 Å². The van der Waals surface area contributed by atoms with Crippen LogP contribution < -0.4 is 0 Å². The van der Waals surface area contributed by atoms with Crippen LogP contribution in [-0.4, -0.2) is 5.78 Å². The number of carbonyl (C=O) groups is 1. The molecule has 4 aliphatic rings. The van der Waals surface area contributed by atoms with Gasteiger partial charge < -0.3 is 0 Å². The van der Waals surface area contributed by atoms with E-state index in [0.29, 0.717) is 11.2 Å². The second-order valence-corrected chi connectivity index (χ2v) is 8.18. The molecular weight excluding hydrogens is 208 g/mol. The number of carbonyl (C=O) groups excluding carboxylic acids is 1. The quantitative estimate of drug-likeness (QED) is 0.715. The van der Waals surface area contributed by atoms with Crippen LogP contribution in [0.3, 0.4) is 0 Å². The highest BCUT2D eigenvalue weighted by molar-refractivity contribution is 5.86. The summed E-state index contributed by atoms with van der Waals surface area (Å²) in [6, 6.07) is 0. The van der Waals surface area contributed by atoms with Crippen molar-refractivity contribution in [3.8, 4) is 0 Å². The van der Waals surface area contributed by atoms with Crippen molar-refractivity contribution in [2.45, 2.75) is 65.7 Å². The molecule has 0 aromatic heterocycles. The third-order valence-corrected chi connectivity index (χ3v) is 5.65. The van der Waals surface area contributed by atoms with E-state index in [1.165, 1.54) is 32.1 Å². The lowest BCUT2D eigenvalue weighted by atomic mass is 9.71. The van der Waals surface area contributed by atoms with Crippen LogP contribution >= 0.6 is 0 Å². The lowest BCUT2D eigenvalue weighted by Crippen LogP contribution is -2.33. The first-order chi connectivity index (χ1) is 7.89. The van der Waals surface area contributed by atoms with E-state index in [0.717, 1.165) is 30.6 Å². The number of ketones is 1. The lowest BCUT2D eigenvalue weighted by Gasteiger charge is -2.32. The van der Waals surface area contributed by atoms with Crippen LogP contribution in [-0.2, 0) is 4.79 Å². The molecule has 17 heavy (non-hydrogen) atoms. The van der Waals surface area contributed by atoms with Crippen LogP contribution in [0.1, 0.15) is 65.7 Å². The number of hydrogen-bond acceptors (Lipinski definition) is 1. The highest BCUT2D eigenvalue weighted by Crippen LogP contribution is 2.66. The van der Waals surface area contributed by atoms with Gasteiger partial charge in [0.05, 0.1) is 0 Å². The minimum atomic E-state index is 0.166. The van der Waals surface area contributed by atoms with Gasteiger partial charge >= 0.3 is 0 Å². The van der Waals surface area contributed by atoms with E-state index >= 15 is 0 Å². The molecule has 2 atom stereocenters. The highest BCUT2D eigenvalue weighted by atomic mass is 16.1. The van der Waals surface area contributed by atoms with E-state index in [1.54, 1.807) is 0 Å². The van der Waals surface area contributed by atoms with Crippen molar-refractivity contribution in [1.29, 1.82) is 0 Å². The van der Waals surface area contributed by atoms with Gasteiger partial charge in [-0.3, -0.25) is 4.79 Å². The molecule has 4 fully saturated rings. The molecular formula is C16H26O. The molecule has 0 radical (unpaired) electrons. The van der Waals surface area contributed by atoms with Crippen molar-refractivity contribution in [2.75, 3.05) is 0 Å². The van der Waals surface area contributed by atoms with Crippen molar-refractivity contribution < 1.29 is 4.79 Å². The van der Waals surface area contributed by atoms with E-state index < -0.39 is 0 Å². The standard InChI is InChI=1S/C16H26O/c1-15(2,3)5-4-14(17)16-9-11-6-12(10-16)8-13(16)7-11/h11-13H,4-10H2,1-3H3. The molecule has 0 heterocycles. The van der Waals surface area contributed by atoms with Gasteiger partial charge in [0.2, 0.25) is 0 Å². The molecule has 4 bridgehead atoms. The molecule has 0 N–H and O–H groups in total. The minimum absolute atomic E-state index is 0.166. The SMILES string of the molecule is CC(C)(C)CCC(=O)C12CC3CC(CC1C3)C2. The van der Waals surface area contributed by atoms with Crippen LogP contribution in [0.5, 0.6) is 0 Å². The third kappa shape index (κ3) is 1.86. The summed E-state index contributed by atoms with van der Waals surface area (Å²) in [5.41, 5.74) is 0.473. The normalized spacial score (nSPS) is 43.4. The second kappa shape index (κ2) is 3.59. The first-order valence-corrected chi connectivity index (χ1v) is 7.42. The average molecular weight is 234 g/mol. The van der Waals surface area contributed by atoms with Crippen molar-refractivity contribution in [3.05, 3.63) is 0 Å². The maximum atomic E-state index is 12.7. The highest BCUT2D eigenvalue weighted by Gasteiger charge is 2.60. The smallest absolute Gasteiger partial charge is 0.139 e. The van der Waals surface area contributed by atoms with Crippen LogP contribution in [0, 0.1) is 28.6 Å². The Morgan fingerprint density at radius 1 is 1.12 bits per heavy atom. The summed E-state index contributed by atoms with van der Waals surface area (Å²) >= 11 is 0. The van der Waals surface area contributed by atoms with Crippen molar-refractivity contribution in [1.82, 2.24) is 0 Å². The van der Waals surface area contributed by atoms with Crippen LogP contribution in [0.25, 0.3) is 0 Å². The van der Waals surface area contributed by atoms with E-state index in [4.69, 9.17) is 0 Å². The van der Waals surface area contributed by atoms with Gasteiger partial charge in [-0.1, -0.05) is 20.8 Å². The molecule has 4 aliphatic carbocycles. The fourth-order valence-corrected chi connectivity index (χ4v) is 4.99. The molecule has 0 saturated heterocycles. The Morgan fingerprint density at radius 3 is 2.24 bits per heavy atom. The summed E-state index contributed by atoms with van der Waals surface area (Å²) in [7, 11) is 0. The van der Waals surface area contributed by atoms with Crippen LogP contribution in [0.15, 0.2) is 0 Å². The minimum Gasteiger partial charge on any atom is -0.299 e. The molecule has 1 nitrogen and oxygen atoms in total. The largest absolute Gasteiger partial charge is 0.299 e. The van der Waals surface area contributed by atoms with Crippen molar-refractivity contribution >= 4 is 5.78 Å². The molecule has 0 amide bonds. The molecule has 96 valence electrons. The Bertz CT molecular complexity index is 322. The van der Waals surface area contributed by atoms with Gasteiger partial charge in [0.1, 0.15) is 5.78 Å². The zero-order chi connectivity index (χ0) is 12.3. The predicted molar refractivity (Wildman–Crippen MR) is 69.7 cm³/mol. The Morgan fingerprint density at radius 2 is 1.71 bits per heavy atom. The number of Topliss-reactive ketones (excluding diaryl/α,β-unsaturated/α-hetero) is 1. The molecule has 0 spiro atoms. The topological polar surface area (TPSA) is 17.1 Å². The molecule has 0 aromatic rings. The maximum absolute atomic E-state index is 12.7. The molecule has 2 unspecified atom stereocenters. The Balaban J connectivity index is 1.70. The number of hydrogen-bond donors (Lipinski definition) is 0. The summed E-state index contributed by atoms with van der Waals surface area (Å²) in [6.07, 6.45) is 8.57. The van der Waals surface area contributed by atoms with Gasteiger partial charge in [-0.15, -0.1) is 0 Å². The van der Waals surface area contributed by atoms with Gasteiger partial charge in [-0.25, -0.2) is 0 Å². The fraction of sp³-hybridized carbons (Fsp3) is 0.938. The molecule has 1 heteroatoms. The van der Waals surface area contributed by atoms with Crippen molar-refractivity contribution in [3.63, 3.8) is 0 Å². The average Bonchev–Trinajstić information content (AvgIpc) is 2.60. The summed E-state index contributed by atoms with van der Waals surface area (Å²) in [6.45, 7) is 6.74. The summed E-state index contributed by atoms with van der Waals surface area (Å²) in [5, 5.41) is 0. The van der Waals surface area contributed by atoms with E-state index in [2.05, 4.69) is 20.8 Å². The van der Waals surface area contributed by atoms with Gasteiger partial charge in [0.15, 0.2) is 0 Å². The van der Waals surface area contributed by atoms with Crippen LogP contribution in [0.2, 0.25) is 0 Å². The van der Waals surface area contributed by atoms with Crippen molar-refractivity contribution in [2.24, 2.45) is 28.6 Å².